The number of hydrogen-bond donors (Lipinski definition) is 1. The van der Waals surface area contributed by atoms with Crippen LogP contribution < -0.4 is 10.1 Å². The molecule has 0 aliphatic rings. The van der Waals surface area contributed by atoms with Crippen LogP contribution in [-0.4, -0.2) is 32.8 Å². The third-order valence-electron chi connectivity index (χ3n) is 3.86. The smallest absolute Gasteiger partial charge is 0.255 e. The molecule has 0 radical (unpaired) electrons. The maximum absolute atomic E-state index is 12.6. The van der Waals surface area contributed by atoms with E-state index in [2.05, 4.69) is 20.6 Å². The van der Waals surface area contributed by atoms with Crippen molar-refractivity contribution in [1.82, 2.24) is 19.8 Å². The number of hydrogen-bond acceptors (Lipinski definition) is 6. The minimum Gasteiger partial charge on any atom is -0.495 e. The van der Waals surface area contributed by atoms with Gasteiger partial charge in [0, 0.05) is 11.1 Å². The van der Waals surface area contributed by atoms with Gasteiger partial charge in [-0.2, -0.15) is 9.61 Å². The average Bonchev–Trinajstić information content (AvgIpc) is 3.23. The van der Waals surface area contributed by atoms with Crippen LogP contribution in [0.3, 0.4) is 0 Å². The molecule has 0 aliphatic heterocycles. The first kappa shape index (κ1) is 16.2. The number of benzene rings is 2. The van der Waals surface area contributed by atoms with E-state index in [-0.39, 0.29) is 5.91 Å². The molecule has 0 bridgehead atoms. The van der Waals surface area contributed by atoms with Crippen molar-refractivity contribution in [2.24, 2.45) is 0 Å². The highest BCUT2D eigenvalue weighted by Gasteiger charge is 2.14. The van der Waals surface area contributed by atoms with Crippen LogP contribution in [-0.2, 0) is 0 Å². The first-order valence-corrected chi connectivity index (χ1v) is 8.69. The second-order valence-electron chi connectivity index (χ2n) is 5.70. The molecule has 0 atom stereocenters. The summed E-state index contributed by atoms with van der Waals surface area (Å²) in [5.74, 6) is 0.389. The number of carbonyl (C=O) groups is 1. The Balaban J connectivity index is 1.68. The normalized spacial score (nSPS) is 10.8. The number of methoxy groups -OCH3 is 1. The van der Waals surface area contributed by atoms with Crippen molar-refractivity contribution >= 4 is 27.9 Å². The second kappa shape index (κ2) is 6.57. The van der Waals surface area contributed by atoms with Crippen LogP contribution >= 0.6 is 11.3 Å². The lowest BCUT2D eigenvalue weighted by Gasteiger charge is -2.11. The minimum absolute atomic E-state index is 0.192. The van der Waals surface area contributed by atoms with Gasteiger partial charge < -0.3 is 10.1 Å². The highest BCUT2D eigenvalue weighted by atomic mass is 32.1. The SMILES string of the molecule is COc1ccc(-c2nn3cnnc3s2)cc1NC(=O)c1cccc(C)c1. The summed E-state index contributed by atoms with van der Waals surface area (Å²) in [5.41, 5.74) is 3.07. The van der Waals surface area contributed by atoms with Crippen LogP contribution in [0.5, 0.6) is 5.75 Å². The third-order valence-corrected chi connectivity index (χ3v) is 4.82. The highest BCUT2D eigenvalue weighted by molar-refractivity contribution is 7.19. The fourth-order valence-corrected chi connectivity index (χ4v) is 3.41. The van der Waals surface area contributed by atoms with Gasteiger partial charge in [-0.25, -0.2) is 0 Å². The highest BCUT2D eigenvalue weighted by Crippen LogP contribution is 2.32. The van der Waals surface area contributed by atoms with Crippen LogP contribution in [0.25, 0.3) is 15.5 Å². The number of aryl methyl sites for hydroxylation is 1. The van der Waals surface area contributed by atoms with Crippen molar-refractivity contribution in [3.63, 3.8) is 0 Å². The lowest BCUT2D eigenvalue weighted by Crippen LogP contribution is -2.12. The predicted molar refractivity (Wildman–Crippen MR) is 99.8 cm³/mol. The summed E-state index contributed by atoms with van der Waals surface area (Å²) in [6.07, 6.45) is 1.55. The molecule has 2 aromatic heterocycles. The molecule has 0 fully saturated rings. The van der Waals surface area contributed by atoms with Crippen molar-refractivity contribution in [3.8, 4) is 16.3 Å². The number of nitrogens with zero attached hydrogens (tertiary/aromatic N) is 4. The van der Waals surface area contributed by atoms with Crippen LogP contribution in [0, 0.1) is 6.92 Å². The van der Waals surface area contributed by atoms with Crippen molar-refractivity contribution in [2.75, 3.05) is 12.4 Å². The molecule has 26 heavy (non-hydrogen) atoms. The zero-order valence-electron chi connectivity index (χ0n) is 14.1. The van der Waals surface area contributed by atoms with E-state index in [9.17, 15) is 4.79 Å². The van der Waals surface area contributed by atoms with Crippen LogP contribution in [0.4, 0.5) is 5.69 Å². The Kier molecular flexibility index (Phi) is 4.10. The van der Waals surface area contributed by atoms with Crippen molar-refractivity contribution in [1.29, 1.82) is 0 Å². The first-order chi connectivity index (χ1) is 12.6. The van der Waals surface area contributed by atoms with Gasteiger partial charge in [0.2, 0.25) is 4.96 Å². The van der Waals surface area contributed by atoms with Crippen molar-refractivity contribution in [3.05, 3.63) is 59.9 Å². The molecule has 4 aromatic rings. The lowest BCUT2D eigenvalue weighted by atomic mass is 10.1. The molecule has 2 aromatic carbocycles. The molecule has 1 amide bonds. The van der Waals surface area contributed by atoms with E-state index in [4.69, 9.17) is 4.74 Å². The molecular weight excluding hydrogens is 350 g/mol. The number of aromatic nitrogens is 4. The zero-order valence-corrected chi connectivity index (χ0v) is 14.9. The van der Waals surface area contributed by atoms with Gasteiger partial charge in [-0.05, 0) is 37.3 Å². The summed E-state index contributed by atoms with van der Waals surface area (Å²) in [6.45, 7) is 1.95. The Bertz CT molecular complexity index is 1070. The van der Waals surface area contributed by atoms with Gasteiger partial charge in [-0.15, -0.1) is 10.2 Å². The summed E-state index contributed by atoms with van der Waals surface area (Å²) in [6, 6.07) is 13.0. The number of anilines is 1. The maximum atomic E-state index is 12.6. The topological polar surface area (TPSA) is 81.4 Å². The van der Waals surface area contributed by atoms with E-state index in [0.717, 1.165) is 16.1 Å². The van der Waals surface area contributed by atoms with E-state index < -0.39 is 0 Å². The molecule has 2 heterocycles. The fraction of sp³-hybridized carbons (Fsp3) is 0.111. The number of amides is 1. The van der Waals surface area contributed by atoms with Crippen LogP contribution in [0.1, 0.15) is 15.9 Å². The molecule has 0 saturated heterocycles. The third kappa shape index (κ3) is 3.02. The van der Waals surface area contributed by atoms with E-state index in [0.29, 0.717) is 22.0 Å². The summed E-state index contributed by atoms with van der Waals surface area (Å²) in [7, 11) is 1.57. The molecular formula is C18H15N5O2S. The monoisotopic (exact) mass is 365 g/mol. The van der Waals surface area contributed by atoms with Gasteiger partial charge in [0.15, 0.2) is 0 Å². The molecule has 1 N–H and O–H groups in total. The van der Waals surface area contributed by atoms with Gasteiger partial charge in [0.05, 0.1) is 12.8 Å². The molecule has 0 unspecified atom stereocenters. The standard InChI is InChI=1S/C18H15N5O2S/c1-11-4-3-5-12(8-11)16(24)20-14-9-13(6-7-15(14)25-2)17-22-23-10-19-21-18(23)26-17/h3-10H,1-2H3,(H,20,24). The van der Waals surface area contributed by atoms with Crippen LogP contribution in [0.15, 0.2) is 48.8 Å². The van der Waals surface area contributed by atoms with E-state index in [1.807, 2.05) is 43.3 Å². The summed E-state index contributed by atoms with van der Waals surface area (Å²) < 4.78 is 7.00. The molecule has 0 aliphatic carbocycles. The number of fused-ring (bicyclic) bond motifs is 1. The maximum Gasteiger partial charge on any atom is 0.255 e. The number of ether oxygens (including phenoxy) is 1. The number of nitrogens with one attached hydrogen (secondary N) is 1. The minimum atomic E-state index is -0.192. The molecule has 8 heteroatoms. The predicted octanol–water partition coefficient (Wildman–Crippen LogP) is 3.42. The zero-order chi connectivity index (χ0) is 18.1. The second-order valence-corrected chi connectivity index (χ2v) is 6.66. The van der Waals surface area contributed by atoms with Gasteiger partial charge in [0.1, 0.15) is 17.1 Å². The lowest BCUT2D eigenvalue weighted by molar-refractivity contribution is 0.102. The molecule has 130 valence electrons. The van der Waals surface area contributed by atoms with Crippen molar-refractivity contribution in [2.45, 2.75) is 6.92 Å². The Morgan fingerprint density at radius 1 is 1.23 bits per heavy atom. The Morgan fingerprint density at radius 3 is 2.88 bits per heavy atom. The van der Waals surface area contributed by atoms with Gasteiger partial charge in [-0.3, -0.25) is 4.79 Å². The fourth-order valence-electron chi connectivity index (χ4n) is 2.60. The Morgan fingerprint density at radius 2 is 2.12 bits per heavy atom. The summed E-state index contributed by atoms with van der Waals surface area (Å²) >= 11 is 1.42. The molecule has 7 nitrogen and oxygen atoms in total. The first-order valence-electron chi connectivity index (χ1n) is 7.87. The molecule has 0 saturated carbocycles. The molecule has 4 rings (SSSR count). The molecule has 0 spiro atoms. The number of carbonyl (C=O) groups excluding carboxylic acids is 1. The van der Waals surface area contributed by atoms with E-state index in [1.54, 1.807) is 24.0 Å². The van der Waals surface area contributed by atoms with Gasteiger partial charge in [-0.1, -0.05) is 29.0 Å². The largest absolute Gasteiger partial charge is 0.495 e. The van der Waals surface area contributed by atoms with Crippen molar-refractivity contribution < 1.29 is 9.53 Å². The number of rotatable bonds is 4. The Hall–Kier alpha value is -3.26. The van der Waals surface area contributed by atoms with Gasteiger partial charge in [0.25, 0.3) is 5.91 Å². The average molecular weight is 365 g/mol. The van der Waals surface area contributed by atoms with Gasteiger partial charge >= 0.3 is 0 Å². The van der Waals surface area contributed by atoms with E-state index in [1.165, 1.54) is 11.3 Å². The quantitative estimate of drug-likeness (QED) is 0.599. The Labute approximate surface area is 153 Å². The van der Waals surface area contributed by atoms with E-state index >= 15 is 0 Å². The summed E-state index contributed by atoms with van der Waals surface area (Å²) in [5, 5.41) is 15.9. The van der Waals surface area contributed by atoms with Crippen LogP contribution in [0.2, 0.25) is 0 Å². The summed E-state index contributed by atoms with van der Waals surface area (Å²) in [4.78, 5) is 13.3.